The normalized spacial score (nSPS) is 11.4. The SMILES string of the molecule is CCS(=O)(=O)c1cc(COc2ccc(-c3ccn[nH]3)nc2)ccn1. The van der Waals surface area contributed by atoms with Crippen LogP contribution in [0.3, 0.4) is 0 Å². The number of hydrogen-bond donors (Lipinski definition) is 1. The van der Waals surface area contributed by atoms with Gasteiger partial charge in [0.2, 0.25) is 0 Å². The largest absolute Gasteiger partial charge is 0.487 e. The second-order valence-electron chi connectivity index (χ2n) is 5.04. The molecule has 0 aliphatic carbocycles. The highest BCUT2D eigenvalue weighted by atomic mass is 32.2. The first-order valence-electron chi connectivity index (χ1n) is 7.35. The number of ether oxygens (including phenoxy) is 1. The number of hydrogen-bond acceptors (Lipinski definition) is 6. The Kier molecular flexibility index (Phi) is 4.57. The average Bonchev–Trinajstić information content (AvgIpc) is 3.15. The summed E-state index contributed by atoms with van der Waals surface area (Å²) in [5.74, 6) is 0.610. The van der Waals surface area contributed by atoms with Gasteiger partial charge in [-0.15, -0.1) is 0 Å². The highest BCUT2D eigenvalue weighted by molar-refractivity contribution is 7.91. The van der Waals surface area contributed by atoms with Crippen LogP contribution in [-0.4, -0.2) is 34.3 Å². The van der Waals surface area contributed by atoms with Gasteiger partial charge in [0.05, 0.1) is 23.3 Å². The topological polar surface area (TPSA) is 97.8 Å². The maximum Gasteiger partial charge on any atom is 0.195 e. The van der Waals surface area contributed by atoms with E-state index in [-0.39, 0.29) is 17.4 Å². The predicted octanol–water partition coefficient (Wildman–Crippen LogP) is 2.24. The Morgan fingerprint density at radius 2 is 2.00 bits per heavy atom. The molecule has 3 heterocycles. The summed E-state index contributed by atoms with van der Waals surface area (Å²) in [4.78, 5) is 8.21. The van der Waals surface area contributed by atoms with Crippen molar-refractivity contribution < 1.29 is 13.2 Å². The molecule has 124 valence electrons. The Balaban J connectivity index is 1.69. The van der Waals surface area contributed by atoms with Gasteiger partial charge < -0.3 is 4.74 Å². The standard InChI is InChI=1S/C16H16N4O3S/c1-2-24(21,22)16-9-12(5-7-17-16)11-23-13-3-4-14(18-10-13)15-6-8-19-20-15/h3-10H,2,11H2,1H3,(H,19,20). The van der Waals surface area contributed by atoms with Crippen LogP contribution in [0.25, 0.3) is 11.4 Å². The minimum atomic E-state index is -3.32. The van der Waals surface area contributed by atoms with Crippen LogP contribution in [0.2, 0.25) is 0 Å². The number of rotatable bonds is 6. The van der Waals surface area contributed by atoms with Crippen molar-refractivity contribution in [3.05, 3.63) is 54.5 Å². The van der Waals surface area contributed by atoms with Crippen molar-refractivity contribution in [1.82, 2.24) is 20.2 Å². The van der Waals surface area contributed by atoms with Crippen LogP contribution in [0.4, 0.5) is 0 Å². The van der Waals surface area contributed by atoms with Gasteiger partial charge in [0.1, 0.15) is 12.4 Å². The van der Waals surface area contributed by atoms with Gasteiger partial charge in [-0.3, -0.25) is 10.1 Å². The van der Waals surface area contributed by atoms with Crippen LogP contribution in [0.1, 0.15) is 12.5 Å². The number of nitrogens with zero attached hydrogens (tertiary/aromatic N) is 3. The van der Waals surface area contributed by atoms with Crippen molar-refractivity contribution in [2.75, 3.05) is 5.75 Å². The lowest BCUT2D eigenvalue weighted by molar-refractivity contribution is 0.304. The minimum Gasteiger partial charge on any atom is -0.487 e. The van der Waals surface area contributed by atoms with Crippen LogP contribution in [0.5, 0.6) is 5.75 Å². The van der Waals surface area contributed by atoms with Crippen LogP contribution >= 0.6 is 0 Å². The zero-order valence-electron chi connectivity index (χ0n) is 13.0. The maximum absolute atomic E-state index is 11.9. The van der Waals surface area contributed by atoms with Crippen molar-refractivity contribution in [2.45, 2.75) is 18.6 Å². The van der Waals surface area contributed by atoms with Crippen LogP contribution in [-0.2, 0) is 16.4 Å². The van der Waals surface area contributed by atoms with Gasteiger partial charge in [0.15, 0.2) is 14.9 Å². The molecule has 0 aromatic carbocycles. The number of H-pyrrole nitrogens is 1. The fourth-order valence-electron chi connectivity index (χ4n) is 2.05. The van der Waals surface area contributed by atoms with Gasteiger partial charge in [0, 0.05) is 12.4 Å². The van der Waals surface area contributed by atoms with Crippen molar-refractivity contribution >= 4 is 9.84 Å². The first-order valence-corrected chi connectivity index (χ1v) is 9.00. The van der Waals surface area contributed by atoms with Gasteiger partial charge in [-0.25, -0.2) is 13.4 Å². The van der Waals surface area contributed by atoms with Gasteiger partial charge in [-0.1, -0.05) is 6.92 Å². The van der Waals surface area contributed by atoms with E-state index in [0.717, 1.165) is 17.0 Å². The lowest BCUT2D eigenvalue weighted by atomic mass is 10.2. The molecular weight excluding hydrogens is 328 g/mol. The molecule has 24 heavy (non-hydrogen) atoms. The van der Waals surface area contributed by atoms with Crippen molar-refractivity contribution in [3.63, 3.8) is 0 Å². The van der Waals surface area contributed by atoms with E-state index in [9.17, 15) is 8.42 Å². The van der Waals surface area contributed by atoms with E-state index in [2.05, 4.69) is 20.2 Å². The van der Waals surface area contributed by atoms with E-state index < -0.39 is 9.84 Å². The molecule has 0 unspecified atom stereocenters. The molecule has 0 spiro atoms. The molecule has 0 bridgehead atoms. The van der Waals surface area contributed by atoms with Gasteiger partial charge >= 0.3 is 0 Å². The summed E-state index contributed by atoms with van der Waals surface area (Å²) in [5, 5.41) is 6.79. The molecule has 0 radical (unpaired) electrons. The molecule has 0 aliphatic heterocycles. The summed E-state index contributed by atoms with van der Waals surface area (Å²) in [6.45, 7) is 1.83. The fraction of sp³-hybridized carbons (Fsp3) is 0.188. The number of aromatic amines is 1. The molecule has 0 saturated carbocycles. The molecule has 1 N–H and O–H groups in total. The van der Waals surface area contributed by atoms with Crippen LogP contribution < -0.4 is 4.74 Å². The first-order chi connectivity index (χ1) is 11.6. The molecule has 0 fully saturated rings. The smallest absolute Gasteiger partial charge is 0.195 e. The summed E-state index contributed by atoms with van der Waals surface area (Å²) in [7, 11) is -3.32. The average molecular weight is 344 g/mol. The Morgan fingerprint density at radius 3 is 2.67 bits per heavy atom. The third-order valence-electron chi connectivity index (χ3n) is 3.42. The van der Waals surface area contributed by atoms with E-state index in [0.29, 0.717) is 5.75 Å². The summed E-state index contributed by atoms with van der Waals surface area (Å²) in [6.07, 6.45) is 4.74. The van der Waals surface area contributed by atoms with Gasteiger partial charge in [0.25, 0.3) is 0 Å². The summed E-state index contributed by atoms with van der Waals surface area (Å²) in [6, 6.07) is 8.71. The Morgan fingerprint density at radius 1 is 1.12 bits per heavy atom. The molecule has 3 rings (SSSR count). The van der Waals surface area contributed by atoms with Crippen LogP contribution in [0.15, 0.2) is 53.9 Å². The molecule has 3 aromatic heterocycles. The molecule has 0 amide bonds. The van der Waals surface area contributed by atoms with E-state index in [1.807, 2.05) is 12.1 Å². The molecule has 0 saturated heterocycles. The molecule has 0 atom stereocenters. The second kappa shape index (κ2) is 6.79. The lowest BCUT2D eigenvalue weighted by Gasteiger charge is -2.08. The molecule has 0 aliphatic rings. The third kappa shape index (κ3) is 3.60. The zero-order chi connectivity index (χ0) is 17.0. The molecule has 7 nitrogen and oxygen atoms in total. The maximum atomic E-state index is 11.9. The molecule has 8 heteroatoms. The van der Waals surface area contributed by atoms with Gasteiger partial charge in [-0.05, 0) is 35.9 Å². The number of pyridine rings is 2. The minimum absolute atomic E-state index is 0.0172. The Labute approximate surface area is 139 Å². The van der Waals surface area contributed by atoms with Gasteiger partial charge in [-0.2, -0.15) is 5.10 Å². The summed E-state index contributed by atoms with van der Waals surface area (Å²) < 4.78 is 29.4. The second-order valence-corrected chi connectivity index (χ2v) is 7.27. The van der Waals surface area contributed by atoms with E-state index in [1.165, 1.54) is 12.3 Å². The third-order valence-corrected chi connectivity index (χ3v) is 5.04. The highest BCUT2D eigenvalue weighted by Gasteiger charge is 2.13. The van der Waals surface area contributed by atoms with E-state index in [1.54, 1.807) is 31.5 Å². The van der Waals surface area contributed by atoms with Crippen molar-refractivity contribution in [3.8, 4) is 17.1 Å². The van der Waals surface area contributed by atoms with E-state index in [4.69, 9.17) is 4.74 Å². The quantitative estimate of drug-likeness (QED) is 0.736. The first kappa shape index (κ1) is 16.1. The predicted molar refractivity (Wildman–Crippen MR) is 88.1 cm³/mol. The van der Waals surface area contributed by atoms with Crippen molar-refractivity contribution in [2.24, 2.45) is 0 Å². The fourth-order valence-corrected chi connectivity index (χ4v) is 2.90. The number of nitrogens with one attached hydrogen (secondary N) is 1. The van der Waals surface area contributed by atoms with Crippen molar-refractivity contribution in [1.29, 1.82) is 0 Å². The molecule has 3 aromatic rings. The highest BCUT2D eigenvalue weighted by Crippen LogP contribution is 2.18. The molecular formula is C16H16N4O3S. The monoisotopic (exact) mass is 344 g/mol. The summed E-state index contributed by atoms with van der Waals surface area (Å²) >= 11 is 0. The number of aromatic nitrogens is 4. The van der Waals surface area contributed by atoms with E-state index >= 15 is 0 Å². The Hall–Kier alpha value is -2.74. The van der Waals surface area contributed by atoms with Crippen LogP contribution in [0, 0.1) is 0 Å². The number of sulfone groups is 1. The summed E-state index contributed by atoms with van der Waals surface area (Å²) in [5.41, 5.74) is 2.32. The lowest BCUT2D eigenvalue weighted by Crippen LogP contribution is -2.07. The Bertz CT molecular complexity index is 907. The zero-order valence-corrected chi connectivity index (χ0v) is 13.8.